The molecule has 0 saturated carbocycles. The first-order chi connectivity index (χ1) is 11.3. The quantitative estimate of drug-likeness (QED) is 0.724. The molecule has 0 aliphatic carbocycles. The van der Waals surface area contributed by atoms with Gasteiger partial charge in [0.25, 0.3) is 0 Å². The van der Waals surface area contributed by atoms with E-state index in [1.807, 2.05) is 72.8 Å². The van der Waals surface area contributed by atoms with E-state index in [0.717, 1.165) is 28.2 Å². The van der Waals surface area contributed by atoms with E-state index >= 15 is 0 Å². The lowest BCUT2D eigenvalue weighted by Crippen LogP contribution is -2.08. The van der Waals surface area contributed by atoms with E-state index in [4.69, 9.17) is 0 Å². The highest BCUT2D eigenvalue weighted by atomic mass is 16.2. The van der Waals surface area contributed by atoms with E-state index in [-0.39, 0.29) is 6.03 Å². The van der Waals surface area contributed by atoms with Crippen molar-refractivity contribution in [1.29, 1.82) is 0 Å². The summed E-state index contributed by atoms with van der Waals surface area (Å²) in [6, 6.07) is 23.6. The van der Waals surface area contributed by atoms with Gasteiger partial charge in [0, 0.05) is 16.9 Å². The molecule has 2 N–H and O–H groups in total. The maximum atomic E-state index is 11.5. The zero-order chi connectivity index (χ0) is 15.6. The highest BCUT2D eigenvalue weighted by Crippen LogP contribution is 2.39. The minimum atomic E-state index is -0.323. The lowest BCUT2D eigenvalue weighted by molar-refractivity contribution is 0.256. The van der Waals surface area contributed by atoms with E-state index in [1.165, 1.54) is 0 Å². The molecule has 4 nitrogen and oxygen atoms in total. The van der Waals surface area contributed by atoms with Crippen molar-refractivity contribution < 1.29 is 4.79 Å². The highest BCUT2D eigenvalue weighted by Gasteiger charge is 2.21. The first kappa shape index (κ1) is 13.4. The lowest BCUT2D eigenvalue weighted by Gasteiger charge is -2.14. The number of benzene rings is 3. The molecule has 1 aliphatic rings. The Morgan fingerprint density at radius 3 is 2.30 bits per heavy atom. The number of hydrogen-bond donors (Lipinski definition) is 2. The van der Waals surface area contributed by atoms with Crippen molar-refractivity contribution in [1.82, 2.24) is 5.32 Å². The fraction of sp³-hybridized carbons (Fsp3) is 0. The van der Waals surface area contributed by atoms with Gasteiger partial charge >= 0.3 is 6.03 Å². The smallest absolute Gasteiger partial charge is 0.346 e. The van der Waals surface area contributed by atoms with Gasteiger partial charge in [0.05, 0.1) is 11.4 Å². The fourth-order valence-corrected chi connectivity index (χ4v) is 2.67. The average molecular weight is 300 g/mol. The van der Waals surface area contributed by atoms with Crippen LogP contribution in [0.5, 0.6) is 0 Å². The molecule has 2 amide bonds. The number of urea groups is 1. The van der Waals surface area contributed by atoms with Gasteiger partial charge in [-0.3, -0.25) is 0 Å². The number of nitrogens with one attached hydrogen (secondary N) is 2. The van der Waals surface area contributed by atoms with Crippen LogP contribution in [0.1, 0.15) is 0 Å². The van der Waals surface area contributed by atoms with Gasteiger partial charge < -0.3 is 10.6 Å². The molecule has 0 fully saturated rings. The summed E-state index contributed by atoms with van der Waals surface area (Å²) in [4.78, 5) is 11.5. The third-order valence-corrected chi connectivity index (χ3v) is 3.74. The predicted octanol–water partition coefficient (Wildman–Crippen LogP) is 4.88. The molecular formula is C19H14N3O. The molecular weight excluding hydrogens is 286 g/mol. The number of anilines is 3. The zero-order valence-electron chi connectivity index (χ0n) is 12.3. The molecule has 23 heavy (non-hydrogen) atoms. The van der Waals surface area contributed by atoms with Crippen molar-refractivity contribution in [3.05, 3.63) is 72.8 Å². The molecule has 3 aromatic carbocycles. The van der Waals surface area contributed by atoms with Crippen LogP contribution in [0.25, 0.3) is 11.1 Å². The number of para-hydroxylation sites is 1. The molecule has 4 rings (SSSR count). The van der Waals surface area contributed by atoms with Gasteiger partial charge in [-0.2, -0.15) is 5.32 Å². The molecule has 0 unspecified atom stereocenters. The predicted molar refractivity (Wildman–Crippen MR) is 92.4 cm³/mol. The Bertz CT molecular complexity index is 861. The van der Waals surface area contributed by atoms with Crippen LogP contribution in [-0.2, 0) is 0 Å². The summed E-state index contributed by atoms with van der Waals surface area (Å²) in [7, 11) is 0. The Balaban J connectivity index is 1.83. The van der Waals surface area contributed by atoms with E-state index < -0.39 is 0 Å². The summed E-state index contributed by atoms with van der Waals surface area (Å²) in [5.41, 5.74) is 5.41. The fourth-order valence-electron chi connectivity index (χ4n) is 2.67. The molecule has 1 radical (unpaired) electrons. The molecule has 111 valence electrons. The van der Waals surface area contributed by atoms with Gasteiger partial charge in [0.1, 0.15) is 0 Å². The molecule has 1 heterocycles. The summed E-state index contributed by atoms with van der Waals surface area (Å²) < 4.78 is 0. The maximum Gasteiger partial charge on any atom is 0.346 e. The first-order valence-electron chi connectivity index (χ1n) is 7.38. The average Bonchev–Trinajstić information content (AvgIpc) is 2.95. The Labute approximate surface area is 134 Å². The van der Waals surface area contributed by atoms with Crippen LogP contribution in [-0.4, -0.2) is 6.03 Å². The highest BCUT2D eigenvalue weighted by molar-refractivity contribution is 6.05. The van der Waals surface area contributed by atoms with Crippen molar-refractivity contribution >= 4 is 28.8 Å². The zero-order valence-corrected chi connectivity index (χ0v) is 12.3. The minimum absolute atomic E-state index is 0.323. The molecule has 3 aromatic rings. The molecule has 0 bridgehead atoms. The van der Waals surface area contributed by atoms with Crippen molar-refractivity contribution in [2.24, 2.45) is 0 Å². The van der Waals surface area contributed by atoms with Gasteiger partial charge in [-0.1, -0.05) is 48.5 Å². The number of hydrogen-bond acceptors (Lipinski definition) is 2. The maximum absolute atomic E-state index is 11.5. The van der Waals surface area contributed by atoms with Gasteiger partial charge in [-0.15, -0.1) is 0 Å². The summed E-state index contributed by atoms with van der Waals surface area (Å²) in [6.45, 7) is 0. The van der Waals surface area contributed by atoms with E-state index in [0.29, 0.717) is 5.69 Å². The number of rotatable bonds is 3. The number of amides is 2. The van der Waals surface area contributed by atoms with Crippen LogP contribution in [0.4, 0.5) is 27.5 Å². The monoisotopic (exact) mass is 300 g/mol. The van der Waals surface area contributed by atoms with E-state index in [2.05, 4.69) is 16.0 Å². The van der Waals surface area contributed by atoms with E-state index in [9.17, 15) is 4.79 Å². The number of carbonyl (C=O) groups excluding carboxylic acids is 1. The number of fused-ring (bicyclic) bond motifs is 1. The van der Waals surface area contributed by atoms with E-state index in [1.54, 1.807) is 0 Å². The first-order valence-corrected chi connectivity index (χ1v) is 7.38. The summed E-state index contributed by atoms with van der Waals surface area (Å²) >= 11 is 0. The van der Waals surface area contributed by atoms with Gasteiger partial charge in [-0.25, -0.2) is 4.79 Å². The van der Waals surface area contributed by atoms with Crippen molar-refractivity contribution in [2.75, 3.05) is 10.6 Å². The third-order valence-electron chi connectivity index (χ3n) is 3.74. The van der Waals surface area contributed by atoms with Crippen LogP contribution in [0.3, 0.4) is 0 Å². The Morgan fingerprint density at radius 2 is 1.57 bits per heavy atom. The van der Waals surface area contributed by atoms with Crippen LogP contribution in [0, 0.1) is 0 Å². The Morgan fingerprint density at radius 1 is 0.870 bits per heavy atom. The SMILES string of the molecule is O=C1[N]c2cc(Nc3ccccc3)c(-c3ccccc3)cc2N1. The molecule has 0 aromatic heterocycles. The lowest BCUT2D eigenvalue weighted by atomic mass is 10.0. The molecule has 0 spiro atoms. The van der Waals surface area contributed by atoms with Crippen molar-refractivity contribution in [2.45, 2.75) is 0 Å². The van der Waals surface area contributed by atoms with Crippen LogP contribution < -0.4 is 16.0 Å². The number of nitrogens with zero attached hydrogens (tertiary/aromatic N) is 1. The van der Waals surface area contributed by atoms with Crippen molar-refractivity contribution in [3.63, 3.8) is 0 Å². The Hall–Kier alpha value is -3.27. The van der Waals surface area contributed by atoms with Gasteiger partial charge in [0.2, 0.25) is 0 Å². The second-order valence-electron chi connectivity index (χ2n) is 5.31. The summed E-state index contributed by atoms with van der Waals surface area (Å²) in [5.74, 6) is 0. The van der Waals surface area contributed by atoms with Crippen LogP contribution in [0.2, 0.25) is 0 Å². The molecule has 0 atom stereocenters. The topological polar surface area (TPSA) is 55.2 Å². The van der Waals surface area contributed by atoms with Gasteiger partial charge in [0.15, 0.2) is 0 Å². The molecule has 0 saturated heterocycles. The second kappa shape index (κ2) is 5.50. The van der Waals surface area contributed by atoms with Crippen molar-refractivity contribution in [3.8, 4) is 11.1 Å². The summed E-state index contributed by atoms with van der Waals surface area (Å²) in [6.07, 6.45) is 0. The molecule has 1 aliphatic heterocycles. The van der Waals surface area contributed by atoms with Gasteiger partial charge in [-0.05, 0) is 29.8 Å². The third kappa shape index (κ3) is 2.62. The minimum Gasteiger partial charge on any atom is -0.355 e. The van der Waals surface area contributed by atoms with Crippen LogP contribution >= 0.6 is 0 Å². The second-order valence-corrected chi connectivity index (χ2v) is 5.31. The normalized spacial score (nSPS) is 12.3. The number of carbonyl (C=O) groups is 1. The Kier molecular flexibility index (Phi) is 3.20. The summed E-state index contributed by atoms with van der Waals surface area (Å²) in [5, 5.41) is 10.2. The standard InChI is InChI=1S/C19H14N3O/c23-19-21-17-11-15(13-7-3-1-4-8-13)16(12-18(17)22-19)20-14-9-5-2-6-10-14/h1-12,20H,(H,21,23). The molecule has 4 heteroatoms. The van der Waals surface area contributed by atoms with Crippen LogP contribution in [0.15, 0.2) is 72.8 Å². The largest absolute Gasteiger partial charge is 0.355 e.